The molecule has 2 saturated heterocycles. The van der Waals surface area contributed by atoms with E-state index in [0.717, 1.165) is 67.2 Å². The molecule has 0 unspecified atom stereocenters. The number of hydrogen-bond donors (Lipinski definition) is 1. The molecule has 3 aromatic heterocycles. The Morgan fingerprint density at radius 1 is 1.13 bits per heavy atom. The standard InChI is InChI=1S/C22H28N8O/c1-14-12-30-20(26-21(14)28-8-6-16(23)13-28)9-17(27-30)19-5-3-4-7-29(19)22(31)18-11-24-15(2)10-25-18/h9-12,16,19H,3-8,13,23H2,1-2H3/t16-,19-/m0/s1. The van der Waals surface area contributed by atoms with Crippen LogP contribution >= 0.6 is 0 Å². The van der Waals surface area contributed by atoms with E-state index in [2.05, 4.69) is 21.8 Å². The van der Waals surface area contributed by atoms with E-state index in [4.69, 9.17) is 15.8 Å². The highest BCUT2D eigenvalue weighted by Gasteiger charge is 2.32. The fraction of sp³-hybridized carbons (Fsp3) is 0.500. The normalized spacial score (nSPS) is 21.8. The van der Waals surface area contributed by atoms with E-state index in [0.29, 0.717) is 12.2 Å². The van der Waals surface area contributed by atoms with Gasteiger partial charge in [-0.1, -0.05) is 0 Å². The van der Waals surface area contributed by atoms with E-state index in [1.807, 2.05) is 28.6 Å². The van der Waals surface area contributed by atoms with Crippen LogP contribution in [-0.2, 0) is 0 Å². The molecule has 0 saturated carbocycles. The molecule has 31 heavy (non-hydrogen) atoms. The number of likely N-dealkylation sites (tertiary alicyclic amines) is 1. The van der Waals surface area contributed by atoms with Gasteiger partial charge in [0.05, 0.1) is 23.6 Å². The highest BCUT2D eigenvalue weighted by molar-refractivity contribution is 5.92. The molecular formula is C22H28N8O. The van der Waals surface area contributed by atoms with Gasteiger partial charge in [-0.3, -0.25) is 9.78 Å². The number of rotatable bonds is 3. The van der Waals surface area contributed by atoms with Crippen molar-refractivity contribution in [1.29, 1.82) is 0 Å². The lowest BCUT2D eigenvalue weighted by Gasteiger charge is -2.34. The van der Waals surface area contributed by atoms with Crippen LogP contribution in [0.3, 0.4) is 0 Å². The fourth-order valence-corrected chi connectivity index (χ4v) is 4.61. The summed E-state index contributed by atoms with van der Waals surface area (Å²) >= 11 is 0. The zero-order chi connectivity index (χ0) is 21.5. The van der Waals surface area contributed by atoms with Crippen LogP contribution in [0.15, 0.2) is 24.7 Å². The molecule has 2 aliphatic heterocycles. The van der Waals surface area contributed by atoms with Gasteiger partial charge in [-0.2, -0.15) is 5.10 Å². The minimum atomic E-state index is -0.0925. The van der Waals surface area contributed by atoms with Crippen LogP contribution in [0, 0.1) is 13.8 Å². The van der Waals surface area contributed by atoms with Crippen molar-refractivity contribution < 1.29 is 4.79 Å². The Morgan fingerprint density at radius 3 is 2.74 bits per heavy atom. The third-order valence-corrected chi connectivity index (χ3v) is 6.25. The van der Waals surface area contributed by atoms with Gasteiger partial charge in [-0.15, -0.1) is 0 Å². The van der Waals surface area contributed by atoms with Gasteiger partial charge in [0.1, 0.15) is 11.5 Å². The lowest BCUT2D eigenvalue weighted by molar-refractivity contribution is 0.0599. The minimum absolute atomic E-state index is 0.0879. The number of anilines is 1. The van der Waals surface area contributed by atoms with Gasteiger partial charge in [-0.05, 0) is 39.5 Å². The molecule has 2 atom stereocenters. The number of fused-ring (bicyclic) bond motifs is 1. The molecule has 2 aliphatic rings. The van der Waals surface area contributed by atoms with Crippen molar-refractivity contribution in [3.05, 3.63) is 47.3 Å². The summed E-state index contributed by atoms with van der Waals surface area (Å²) in [7, 11) is 0. The quantitative estimate of drug-likeness (QED) is 0.691. The molecular weight excluding hydrogens is 392 g/mol. The molecule has 162 valence electrons. The number of amides is 1. The van der Waals surface area contributed by atoms with E-state index >= 15 is 0 Å². The third-order valence-electron chi connectivity index (χ3n) is 6.25. The molecule has 9 nitrogen and oxygen atoms in total. The third kappa shape index (κ3) is 3.74. The largest absolute Gasteiger partial charge is 0.355 e. The molecule has 5 rings (SSSR count). The number of carbonyl (C=O) groups excluding carboxylic acids is 1. The maximum Gasteiger partial charge on any atom is 0.274 e. The van der Waals surface area contributed by atoms with Crippen molar-refractivity contribution in [2.75, 3.05) is 24.5 Å². The maximum atomic E-state index is 13.2. The number of aryl methyl sites for hydroxylation is 2. The highest BCUT2D eigenvalue weighted by Crippen LogP contribution is 2.32. The Hall–Kier alpha value is -3.07. The lowest BCUT2D eigenvalue weighted by Crippen LogP contribution is -2.39. The summed E-state index contributed by atoms with van der Waals surface area (Å²) < 4.78 is 1.83. The smallest absolute Gasteiger partial charge is 0.274 e. The number of aromatic nitrogens is 5. The Morgan fingerprint density at radius 2 is 2.00 bits per heavy atom. The first kappa shape index (κ1) is 19.9. The molecule has 9 heteroatoms. The van der Waals surface area contributed by atoms with E-state index in [1.165, 1.54) is 0 Å². The number of hydrogen-bond acceptors (Lipinski definition) is 7. The first-order valence-corrected chi connectivity index (χ1v) is 11.0. The number of nitrogens with zero attached hydrogens (tertiary/aromatic N) is 7. The summed E-state index contributed by atoms with van der Waals surface area (Å²) in [4.78, 5) is 30.7. The second-order valence-corrected chi connectivity index (χ2v) is 8.67. The molecule has 0 bridgehead atoms. The van der Waals surface area contributed by atoms with Gasteiger partial charge >= 0.3 is 0 Å². The maximum absolute atomic E-state index is 13.2. The van der Waals surface area contributed by atoms with Crippen molar-refractivity contribution >= 4 is 17.4 Å². The van der Waals surface area contributed by atoms with Crippen molar-refractivity contribution in [3.8, 4) is 0 Å². The monoisotopic (exact) mass is 420 g/mol. The molecule has 2 N–H and O–H groups in total. The molecule has 0 aliphatic carbocycles. The number of carbonyl (C=O) groups is 1. The summed E-state index contributed by atoms with van der Waals surface area (Å²) in [5.74, 6) is 0.878. The minimum Gasteiger partial charge on any atom is -0.355 e. The van der Waals surface area contributed by atoms with Crippen LogP contribution in [0.5, 0.6) is 0 Å². The zero-order valence-corrected chi connectivity index (χ0v) is 18.0. The first-order valence-electron chi connectivity index (χ1n) is 11.0. The molecule has 1 amide bonds. The summed E-state index contributed by atoms with van der Waals surface area (Å²) in [6.07, 6.45) is 9.11. The van der Waals surface area contributed by atoms with E-state index in [-0.39, 0.29) is 18.0 Å². The summed E-state index contributed by atoms with van der Waals surface area (Å²) in [6.45, 7) is 6.36. The van der Waals surface area contributed by atoms with Crippen LogP contribution in [0.1, 0.15) is 59.2 Å². The molecule has 3 aromatic rings. The topological polar surface area (TPSA) is 106 Å². The van der Waals surface area contributed by atoms with Crippen molar-refractivity contribution in [2.45, 2.75) is 51.6 Å². The summed E-state index contributed by atoms with van der Waals surface area (Å²) in [6, 6.07) is 2.12. The van der Waals surface area contributed by atoms with Crippen LogP contribution < -0.4 is 10.6 Å². The lowest BCUT2D eigenvalue weighted by atomic mass is 9.99. The van der Waals surface area contributed by atoms with Gasteiger partial charge in [0.15, 0.2) is 5.65 Å². The first-order chi connectivity index (χ1) is 15.0. The Kier molecular flexibility index (Phi) is 5.05. The van der Waals surface area contributed by atoms with Gasteiger partial charge in [0.25, 0.3) is 5.91 Å². The van der Waals surface area contributed by atoms with Gasteiger partial charge in [-0.25, -0.2) is 14.5 Å². The van der Waals surface area contributed by atoms with E-state index in [9.17, 15) is 4.79 Å². The molecule has 5 heterocycles. The molecule has 2 fully saturated rings. The summed E-state index contributed by atoms with van der Waals surface area (Å²) in [5.41, 5.74) is 10.0. The van der Waals surface area contributed by atoms with Gasteiger partial charge in [0, 0.05) is 49.7 Å². The van der Waals surface area contributed by atoms with Gasteiger partial charge in [0.2, 0.25) is 0 Å². The second kappa shape index (κ2) is 7.88. The van der Waals surface area contributed by atoms with Crippen molar-refractivity contribution in [3.63, 3.8) is 0 Å². The zero-order valence-electron chi connectivity index (χ0n) is 18.0. The second-order valence-electron chi connectivity index (χ2n) is 8.67. The molecule has 0 radical (unpaired) electrons. The predicted octanol–water partition coefficient (Wildman–Crippen LogP) is 2.04. The van der Waals surface area contributed by atoms with E-state index < -0.39 is 0 Å². The Bertz CT molecular complexity index is 1110. The highest BCUT2D eigenvalue weighted by atomic mass is 16.2. The number of piperidine rings is 1. The van der Waals surface area contributed by atoms with Crippen LogP contribution in [0.4, 0.5) is 5.82 Å². The SMILES string of the molecule is Cc1cnc(C(=O)N2CCCC[C@H]2c2cc3nc(N4CC[C@H](N)C4)c(C)cn3n2)cn1. The van der Waals surface area contributed by atoms with Crippen LogP contribution in [0.25, 0.3) is 5.65 Å². The van der Waals surface area contributed by atoms with Crippen molar-refractivity contribution in [1.82, 2.24) is 29.5 Å². The average molecular weight is 421 g/mol. The van der Waals surface area contributed by atoms with E-state index in [1.54, 1.807) is 12.4 Å². The average Bonchev–Trinajstić information content (AvgIpc) is 3.39. The predicted molar refractivity (Wildman–Crippen MR) is 117 cm³/mol. The Labute approximate surface area is 181 Å². The van der Waals surface area contributed by atoms with Crippen LogP contribution in [-0.4, -0.2) is 61.0 Å². The van der Waals surface area contributed by atoms with Crippen molar-refractivity contribution in [2.24, 2.45) is 5.73 Å². The number of nitrogens with two attached hydrogens (primary N) is 1. The molecule has 0 spiro atoms. The summed E-state index contributed by atoms with van der Waals surface area (Å²) in [5, 5.41) is 4.80. The Balaban J connectivity index is 1.46. The molecule has 0 aromatic carbocycles. The van der Waals surface area contributed by atoms with Crippen LogP contribution in [0.2, 0.25) is 0 Å². The fourth-order valence-electron chi connectivity index (χ4n) is 4.61. The van der Waals surface area contributed by atoms with Gasteiger partial charge < -0.3 is 15.5 Å².